The van der Waals surface area contributed by atoms with Crippen molar-refractivity contribution in [1.29, 1.82) is 0 Å². The van der Waals surface area contributed by atoms with E-state index in [2.05, 4.69) is 5.32 Å². The molecule has 1 heterocycles. The molecule has 1 N–H and O–H groups in total. The van der Waals surface area contributed by atoms with E-state index in [1.54, 1.807) is 29.2 Å². The number of carbonyl (C=O) groups is 3. The van der Waals surface area contributed by atoms with Crippen molar-refractivity contribution in [2.24, 2.45) is 5.92 Å². The quantitative estimate of drug-likeness (QED) is 0.754. The van der Waals surface area contributed by atoms with Gasteiger partial charge in [-0.3, -0.25) is 14.4 Å². The molecule has 7 heteroatoms. The minimum absolute atomic E-state index is 0.0892. The van der Waals surface area contributed by atoms with E-state index in [9.17, 15) is 14.4 Å². The number of carbonyl (C=O) groups excluding carboxylic acids is 3. The highest BCUT2D eigenvalue weighted by atomic mass is 35.5. The average Bonchev–Trinajstić information content (AvgIpc) is 3.08. The second kappa shape index (κ2) is 8.89. The average molecular weight is 401 g/mol. The molecular formula is C21H21ClN2O4. The summed E-state index contributed by atoms with van der Waals surface area (Å²) < 4.78 is 5.11. The number of halogens is 1. The third-order valence-corrected chi connectivity index (χ3v) is 4.93. The van der Waals surface area contributed by atoms with Crippen LogP contribution in [0.15, 0.2) is 54.6 Å². The molecule has 28 heavy (non-hydrogen) atoms. The highest BCUT2D eigenvalue weighted by molar-refractivity contribution is 6.30. The van der Waals surface area contributed by atoms with Gasteiger partial charge >= 0.3 is 5.97 Å². The fourth-order valence-electron chi connectivity index (χ4n) is 3.19. The van der Waals surface area contributed by atoms with Gasteiger partial charge in [-0.15, -0.1) is 0 Å². The summed E-state index contributed by atoms with van der Waals surface area (Å²) in [4.78, 5) is 38.3. The van der Waals surface area contributed by atoms with Crippen molar-refractivity contribution in [3.05, 3.63) is 65.2 Å². The summed E-state index contributed by atoms with van der Waals surface area (Å²) in [5.74, 6) is -1.67. The van der Waals surface area contributed by atoms with Gasteiger partial charge in [0.05, 0.1) is 12.0 Å². The third-order valence-electron chi connectivity index (χ3n) is 4.70. The van der Waals surface area contributed by atoms with E-state index in [1.807, 2.05) is 37.3 Å². The number of benzene rings is 2. The number of hydrogen-bond acceptors (Lipinski definition) is 4. The molecule has 0 saturated carbocycles. The minimum Gasteiger partial charge on any atom is -0.455 e. The first-order chi connectivity index (χ1) is 13.4. The van der Waals surface area contributed by atoms with Crippen LogP contribution in [0.5, 0.6) is 0 Å². The first-order valence-corrected chi connectivity index (χ1v) is 9.38. The second-order valence-electron chi connectivity index (χ2n) is 6.70. The monoisotopic (exact) mass is 400 g/mol. The standard InChI is InChI=1S/C21H21ClN2O4/c1-14(15-6-3-2-4-7-15)24-12-16(10-20(24)26)21(27)28-13-19(25)23-18-9-5-8-17(22)11-18/h2-9,11,14,16H,10,12-13H2,1H3,(H,23,25)/t14-,16-/m1/s1. The Labute approximate surface area is 168 Å². The molecule has 0 aliphatic carbocycles. The molecule has 2 amide bonds. The van der Waals surface area contributed by atoms with Gasteiger partial charge in [-0.05, 0) is 30.7 Å². The lowest BCUT2D eigenvalue weighted by molar-refractivity contribution is -0.151. The maximum Gasteiger partial charge on any atom is 0.311 e. The molecule has 0 unspecified atom stereocenters. The van der Waals surface area contributed by atoms with Crippen LogP contribution < -0.4 is 5.32 Å². The number of amides is 2. The first kappa shape index (κ1) is 19.9. The number of ether oxygens (including phenoxy) is 1. The van der Waals surface area contributed by atoms with Crippen LogP contribution in [-0.2, 0) is 19.1 Å². The number of nitrogens with one attached hydrogen (secondary N) is 1. The topological polar surface area (TPSA) is 75.7 Å². The molecule has 1 aliphatic heterocycles. The molecule has 0 spiro atoms. The van der Waals surface area contributed by atoms with E-state index in [0.29, 0.717) is 10.7 Å². The number of rotatable bonds is 6. The van der Waals surface area contributed by atoms with Gasteiger partial charge in [-0.1, -0.05) is 48.0 Å². The Morgan fingerprint density at radius 3 is 2.68 bits per heavy atom. The Balaban J connectivity index is 1.51. The second-order valence-corrected chi connectivity index (χ2v) is 7.14. The number of anilines is 1. The summed E-state index contributed by atoms with van der Waals surface area (Å²) in [5, 5.41) is 3.10. The number of likely N-dealkylation sites (tertiary alicyclic amines) is 1. The molecule has 146 valence electrons. The minimum atomic E-state index is -0.572. The fraction of sp³-hybridized carbons (Fsp3) is 0.286. The molecule has 0 aromatic heterocycles. The van der Waals surface area contributed by atoms with Crippen molar-refractivity contribution in [1.82, 2.24) is 4.90 Å². The van der Waals surface area contributed by atoms with Gasteiger partial charge < -0.3 is 15.0 Å². The Hall–Kier alpha value is -2.86. The summed E-state index contributed by atoms with van der Waals surface area (Å²) in [6, 6.07) is 16.2. The Kier molecular flexibility index (Phi) is 6.31. The van der Waals surface area contributed by atoms with Crippen molar-refractivity contribution in [3.8, 4) is 0 Å². The van der Waals surface area contributed by atoms with Crippen LogP contribution in [0.1, 0.15) is 24.9 Å². The molecule has 6 nitrogen and oxygen atoms in total. The number of nitrogens with zero attached hydrogens (tertiary/aromatic N) is 1. The molecule has 0 bridgehead atoms. The molecule has 2 atom stereocenters. The maximum absolute atomic E-state index is 12.3. The number of hydrogen-bond donors (Lipinski definition) is 1. The van der Waals surface area contributed by atoms with Crippen LogP contribution >= 0.6 is 11.6 Å². The zero-order valence-electron chi connectivity index (χ0n) is 15.4. The lowest BCUT2D eigenvalue weighted by Gasteiger charge is -2.25. The summed E-state index contributed by atoms with van der Waals surface area (Å²) in [5.41, 5.74) is 1.53. The summed E-state index contributed by atoms with van der Waals surface area (Å²) in [7, 11) is 0. The van der Waals surface area contributed by atoms with E-state index in [-0.39, 0.29) is 24.9 Å². The lowest BCUT2D eigenvalue weighted by Crippen LogP contribution is -2.30. The third kappa shape index (κ3) is 4.89. The van der Waals surface area contributed by atoms with E-state index in [0.717, 1.165) is 5.56 Å². The van der Waals surface area contributed by atoms with Crippen LogP contribution in [0, 0.1) is 5.92 Å². The Morgan fingerprint density at radius 1 is 1.21 bits per heavy atom. The van der Waals surface area contributed by atoms with E-state index in [1.165, 1.54) is 0 Å². The highest BCUT2D eigenvalue weighted by Gasteiger charge is 2.38. The van der Waals surface area contributed by atoms with Crippen LogP contribution in [0.2, 0.25) is 5.02 Å². The van der Waals surface area contributed by atoms with Crippen molar-refractivity contribution >= 4 is 35.1 Å². The van der Waals surface area contributed by atoms with E-state index < -0.39 is 24.4 Å². The smallest absolute Gasteiger partial charge is 0.311 e. The molecular weight excluding hydrogens is 380 g/mol. The van der Waals surface area contributed by atoms with Crippen LogP contribution in [0.25, 0.3) is 0 Å². The summed E-state index contributed by atoms with van der Waals surface area (Å²) >= 11 is 5.87. The van der Waals surface area contributed by atoms with Gasteiger partial charge in [0.25, 0.3) is 5.91 Å². The van der Waals surface area contributed by atoms with Crippen molar-refractivity contribution in [2.75, 3.05) is 18.5 Å². The van der Waals surface area contributed by atoms with Crippen LogP contribution in [0.3, 0.4) is 0 Å². The summed E-state index contributed by atoms with van der Waals surface area (Å²) in [6.45, 7) is 1.80. The molecule has 0 radical (unpaired) electrons. The van der Waals surface area contributed by atoms with Crippen LogP contribution in [0.4, 0.5) is 5.69 Å². The Morgan fingerprint density at radius 2 is 1.96 bits per heavy atom. The van der Waals surface area contributed by atoms with Crippen molar-refractivity contribution in [3.63, 3.8) is 0 Å². The molecule has 1 saturated heterocycles. The van der Waals surface area contributed by atoms with Gasteiger partial charge in [0.1, 0.15) is 0 Å². The molecule has 2 aromatic carbocycles. The van der Waals surface area contributed by atoms with Gasteiger partial charge in [-0.25, -0.2) is 0 Å². The van der Waals surface area contributed by atoms with Gasteiger partial charge in [0.2, 0.25) is 5.91 Å². The molecule has 1 aliphatic rings. The van der Waals surface area contributed by atoms with Gasteiger partial charge in [0.15, 0.2) is 6.61 Å². The lowest BCUT2D eigenvalue weighted by atomic mass is 10.1. The fourth-order valence-corrected chi connectivity index (χ4v) is 3.38. The predicted molar refractivity (Wildman–Crippen MR) is 106 cm³/mol. The molecule has 2 aromatic rings. The first-order valence-electron chi connectivity index (χ1n) is 9.00. The summed E-state index contributed by atoms with van der Waals surface area (Å²) in [6.07, 6.45) is 0.0892. The Bertz CT molecular complexity index is 872. The number of esters is 1. The predicted octanol–water partition coefficient (Wildman–Crippen LogP) is 3.43. The molecule has 3 rings (SSSR count). The zero-order chi connectivity index (χ0) is 20.1. The SMILES string of the molecule is C[C@H](c1ccccc1)N1C[C@H](C(=O)OCC(=O)Nc2cccc(Cl)c2)CC1=O. The van der Waals surface area contributed by atoms with Crippen molar-refractivity contribution in [2.45, 2.75) is 19.4 Å². The molecule has 1 fully saturated rings. The largest absolute Gasteiger partial charge is 0.455 e. The maximum atomic E-state index is 12.3. The van der Waals surface area contributed by atoms with Crippen LogP contribution in [-0.4, -0.2) is 35.8 Å². The highest BCUT2D eigenvalue weighted by Crippen LogP contribution is 2.29. The zero-order valence-corrected chi connectivity index (χ0v) is 16.2. The van der Waals surface area contributed by atoms with E-state index >= 15 is 0 Å². The van der Waals surface area contributed by atoms with Gasteiger partial charge in [0, 0.05) is 23.7 Å². The van der Waals surface area contributed by atoms with E-state index in [4.69, 9.17) is 16.3 Å². The van der Waals surface area contributed by atoms with Gasteiger partial charge in [-0.2, -0.15) is 0 Å². The van der Waals surface area contributed by atoms with Crippen molar-refractivity contribution < 1.29 is 19.1 Å². The normalized spacial score (nSPS) is 17.3.